The van der Waals surface area contributed by atoms with E-state index in [1.807, 2.05) is 0 Å². The van der Waals surface area contributed by atoms with E-state index in [0.717, 1.165) is 19.3 Å². The molecular formula is C13H16N2O2. The molecule has 0 N–H and O–H groups in total. The Morgan fingerprint density at radius 1 is 1.47 bits per heavy atom. The van der Waals surface area contributed by atoms with E-state index in [-0.39, 0.29) is 11.8 Å². The molecule has 1 aliphatic heterocycles. The molecule has 0 radical (unpaired) electrons. The van der Waals surface area contributed by atoms with Gasteiger partial charge in [0.25, 0.3) is 0 Å². The number of nitrogens with zero attached hydrogens (tertiary/aromatic N) is 2. The highest BCUT2D eigenvalue weighted by Gasteiger charge is 2.53. The van der Waals surface area contributed by atoms with Gasteiger partial charge in [-0.2, -0.15) is 0 Å². The van der Waals surface area contributed by atoms with Gasteiger partial charge in [-0.05, 0) is 24.8 Å². The Labute approximate surface area is 101 Å². The van der Waals surface area contributed by atoms with Crippen LogP contribution in [0.5, 0.6) is 0 Å². The van der Waals surface area contributed by atoms with Crippen LogP contribution in [-0.2, 0) is 9.59 Å². The first-order valence-corrected chi connectivity index (χ1v) is 5.75. The van der Waals surface area contributed by atoms with Crippen LogP contribution in [0.25, 0.3) is 0 Å². The Bertz CT molecular complexity index is 412. The highest BCUT2D eigenvalue weighted by Crippen LogP contribution is 2.47. The topological polar surface area (TPSA) is 49.7 Å². The predicted octanol–water partition coefficient (Wildman–Crippen LogP) is 0.988. The van der Waals surface area contributed by atoms with Gasteiger partial charge in [0, 0.05) is 13.1 Å². The molecule has 4 heteroatoms. The molecule has 2 rings (SSSR count). The van der Waals surface area contributed by atoms with Gasteiger partial charge in [0.1, 0.15) is 5.71 Å². The van der Waals surface area contributed by atoms with Gasteiger partial charge in [0.05, 0.1) is 6.04 Å². The molecular weight excluding hydrogens is 216 g/mol. The fourth-order valence-corrected chi connectivity index (χ4v) is 2.48. The number of hydrogen-bond donors (Lipinski definition) is 0. The predicted molar refractivity (Wildman–Crippen MR) is 65.9 cm³/mol. The number of ketones is 1. The standard InChI is InChI=1S/C13H16N2O2/c1-3-4-5-10(14-2)13(17)12-7-9-6-11(9)15(12)8-16/h3-5,8-9,11-12H,1,6-7H2,2H3/b5-4-,14-10+/t9-,11-,12+/m1/s1. The number of rotatable bonds is 5. The van der Waals surface area contributed by atoms with Crippen LogP contribution >= 0.6 is 0 Å². The van der Waals surface area contributed by atoms with E-state index in [1.54, 1.807) is 30.2 Å². The summed E-state index contributed by atoms with van der Waals surface area (Å²) in [6, 6.07) is -0.0210. The Hall–Kier alpha value is -1.71. The minimum Gasteiger partial charge on any atom is -0.331 e. The number of hydrogen-bond acceptors (Lipinski definition) is 3. The zero-order valence-electron chi connectivity index (χ0n) is 9.87. The summed E-state index contributed by atoms with van der Waals surface area (Å²) in [4.78, 5) is 28.8. The highest BCUT2D eigenvalue weighted by molar-refractivity contribution is 6.46. The van der Waals surface area contributed by atoms with Crippen molar-refractivity contribution in [2.45, 2.75) is 24.9 Å². The lowest BCUT2D eigenvalue weighted by molar-refractivity contribution is -0.127. The first-order chi connectivity index (χ1) is 8.22. The Morgan fingerprint density at radius 2 is 2.24 bits per heavy atom. The lowest BCUT2D eigenvalue weighted by Crippen LogP contribution is -2.41. The van der Waals surface area contributed by atoms with Gasteiger partial charge in [-0.1, -0.05) is 18.7 Å². The summed E-state index contributed by atoms with van der Waals surface area (Å²) >= 11 is 0. The maximum absolute atomic E-state index is 12.2. The van der Waals surface area contributed by atoms with Gasteiger partial charge in [-0.25, -0.2) is 0 Å². The number of fused-ring (bicyclic) bond motifs is 1. The van der Waals surface area contributed by atoms with Crippen LogP contribution in [0.1, 0.15) is 12.8 Å². The molecule has 0 aromatic carbocycles. The molecule has 0 unspecified atom stereocenters. The average Bonchev–Trinajstić information content (AvgIpc) is 3.01. The Morgan fingerprint density at radius 3 is 2.82 bits per heavy atom. The number of Topliss-reactive ketones (excluding diaryl/α,β-unsaturated/α-hetero) is 1. The summed E-state index contributed by atoms with van der Waals surface area (Å²) in [7, 11) is 1.58. The molecule has 3 atom stereocenters. The van der Waals surface area contributed by atoms with Gasteiger partial charge in [0.2, 0.25) is 12.2 Å². The third-order valence-corrected chi connectivity index (χ3v) is 3.46. The lowest BCUT2D eigenvalue weighted by atomic mass is 10.0. The number of carbonyl (C=O) groups is 2. The third-order valence-electron chi connectivity index (χ3n) is 3.46. The normalized spacial score (nSPS) is 31.5. The quantitative estimate of drug-likeness (QED) is 0.403. The van der Waals surface area contributed by atoms with Crippen molar-refractivity contribution in [3.63, 3.8) is 0 Å². The van der Waals surface area contributed by atoms with E-state index in [0.29, 0.717) is 17.7 Å². The summed E-state index contributed by atoms with van der Waals surface area (Å²) in [5.41, 5.74) is 0.406. The van der Waals surface area contributed by atoms with Crippen LogP contribution in [0.3, 0.4) is 0 Å². The number of aliphatic imine (C=N–C) groups is 1. The van der Waals surface area contributed by atoms with Crippen molar-refractivity contribution in [2.24, 2.45) is 10.9 Å². The van der Waals surface area contributed by atoms with E-state index < -0.39 is 0 Å². The van der Waals surface area contributed by atoms with Crippen molar-refractivity contribution in [1.82, 2.24) is 4.90 Å². The van der Waals surface area contributed by atoms with Gasteiger partial charge < -0.3 is 4.90 Å². The van der Waals surface area contributed by atoms with Crippen LogP contribution in [0.2, 0.25) is 0 Å². The van der Waals surface area contributed by atoms with Gasteiger partial charge in [-0.15, -0.1) is 0 Å². The largest absolute Gasteiger partial charge is 0.331 e. The highest BCUT2D eigenvalue weighted by atomic mass is 16.2. The van der Waals surface area contributed by atoms with Crippen LogP contribution in [0.4, 0.5) is 0 Å². The molecule has 1 saturated heterocycles. The van der Waals surface area contributed by atoms with E-state index >= 15 is 0 Å². The van der Waals surface area contributed by atoms with Crippen molar-refractivity contribution < 1.29 is 9.59 Å². The first kappa shape index (κ1) is 11.8. The maximum atomic E-state index is 12.2. The van der Waals surface area contributed by atoms with Crippen LogP contribution in [0, 0.1) is 5.92 Å². The molecule has 1 aliphatic carbocycles. The summed E-state index contributed by atoms with van der Waals surface area (Å²) in [6.07, 6.45) is 7.54. The number of piperidine rings is 1. The number of amides is 1. The number of likely N-dealkylation sites (tertiary alicyclic amines) is 1. The summed E-state index contributed by atoms with van der Waals surface area (Å²) in [5, 5.41) is 0. The SMILES string of the molecule is C=C/C=C\C(=N/C)C(=O)[C@@H]1C[C@H]2C[C@H]2N1C=O. The second kappa shape index (κ2) is 4.65. The van der Waals surface area contributed by atoms with Crippen LogP contribution in [0.15, 0.2) is 29.8 Å². The molecule has 90 valence electrons. The fraction of sp³-hybridized carbons (Fsp3) is 0.462. The minimum atomic E-state index is -0.315. The molecule has 0 aromatic rings. The summed E-state index contributed by atoms with van der Waals surface area (Å²) < 4.78 is 0. The minimum absolute atomic E-state index is 0.0649. The monoisotopic (exact) mass is 232 g/mol. The summed E-state index contributed by atoms with van der Waals surface area (Å²) in [5.74, 6) is 0.459. The van der Waals surface area contributed by atoms with E-state index in [2.05, 4.69) is 11.6 Å². The van der Waals surface area contributed by atoms with Gasteiger partial charge in [0.15, 0.2) is 0 Å². The summed E-state index contributed by atoms with van der Waals surface area (Å²) in [6.45, 7) is 3.55. The molecule has 1 amide bonds. The van der Waals surface area contributed by atoms with Crippen molar-refractivity contribution in [3.05, 3.63) is 24.8 Å². The Balaban J connectivity index is 2.11. The second-order valence-corrected chi connectivity index (χ2v) is 4.44. The van der Waals surface area contributed by atoms with Crippen molar-refractivity contribution >= 4 is 17.9 Å². The average molecular weight is 232 g/mol. The van der Waals surface area contributed by atoms with Crippen LogP contribution in [-0.4, -0.2) is 41.9 Å². The molecule has 17 heavy (non-hydrogen) atoms. The lowest BCUT2D eigenvalue weighted by Gasteiger charge is -2.21. The van der Waals surface area contributed by atoms with Crippen molar-refractivity contribution in [3.8, 4) is 0 Å². The van der Waals surface area contributed by atoms with Crippen molar-refractivity contribution in [2.75, 3.05) is 7.05 Å². The smallest absolute Gasteiger partial charge is 0.210 e. The zero-order valence-corrected chi connectivity index (χ0v) is 9.87. The molecule has 1 heterocycles. The molecule has 0 bridgehead atoms. The zero-order chi connectivity index (χ0) is 12.4. The van der Waals surface area contributed by atoms with Crippen molar-refractivity contribution in [1.29, 1.82) is 0 Å². The number of carbonyl (C=O) groups excluding carboxylic acids is 2. The Kier molecular flexibility index (Phi) is 3.22. The molecule has 0 spiro atoms. The van der Waals surface area contributed by atoms with Crippen LogP contribution < -0.4 is 0 Å². The fourth-order valence-electron chi connectivity index (χ4n) is 2.48. The third kappa shape index (κ3) is 2.07. The van der Waals surface area contributed by atoms with E-state index in [4.69, 9.17) is 0 Å². The van der Waals surface area contributed by atoms with E-state index in [9.17, 15) is 9.59 Å². The molecule has 4 nitrogen and oxygen atoms in total. The molecule has 2 fully saturated rings. The molecule has 2 aliphatic rings. The maximum Gasteiger partial charge on any atom is 0.210 e. The van der Waals surface area contributed by atoms with Gasteiger partial charge >= 0.3 is 0 Å². The van der Waals surface area contributed by atoms with Gasteiger partial charge in [-0.3, -0.25) is 14.6 Å². The molecule has 0 aromatic heterocycles. The molecule has 1 saturated carbocycles. The second-order valence-electron chi connectivity index (χ2n) is 4.44. The first-order valence-electron chi connectivity index (χ1n) is 5.75. The number of allylic oxidation sites excluding steroid dienone is 3. The van der Waals surface area contributed by atoms with E-state index in [1.165, 1.54) is 0 Å².